The van der Waals surface area contributed by atoms with Crippen LogP contribution in [-0.4, -0.2) is 9.89 Å². The second-order valence-corrected chi connectivity index (χ2v) is 5.41. The highest BCUT2D eigenvalue weighted by atomic mass is 32.1. The van der Waals surface area contributed by atoms with Crippen LogP contribution in [0.5, 0.6) is 0 Å². The van der Waals surface area contributed by atoms with Gasteiger partial charge in [0.25, 0.3) is 0 Å². The van der Waals surface area contributed by atoms with Gasteiger partial charge in [0.15, 0.2) is 0 Å². The van der Waals surface area contributed by atoms with Gasteiger partial charge in [-0.3, -0.25) is 4.90 Å². The van der Waals surface area contributed by atoms with Gasteiger partial charge in [0.2, 0.25) is 0 Å². The van der Waals surface area contributed by atoms with Gasteiger partial charge in [-0.05, 0) is 16.7 Å². The zero-order chi connectivity index (χ0) is 13.2. The number of nitrogens with zero attached hydrogens (tertiary/aromatic N) is 1. The van der Waals surface area contributed by atoms with Gasteiger partial charge in [-0.1, -0.05) is 60.7 Å². The van der Waals surface area contributed by atoms with Crippen LogP contribution >= 0.6 is 12.2 Å². The van der Waals surface area contributed by atoms with Gasteiger partial charge < -0.3 is 5.73 Å². The van der Waals surface area contributed by atoms with Crippen LogP contribution in [0.4, 0.5) is 0 Å². The molecule has 0 aromatic heterocycles. The minimum Gasteiger partial charge on any atom is -0.389 e. The van der Waals surface area contributed by atoms with E-state index in [1.807, 2.05) is 12.1 Å². The van der Waals surface area contributed by atoms with Crippen molar-refractivity contribution in [2.75, 3.05) is 0 Å². The van der Waals surface area contributed by atoms with E-state index in [-0.39, 0.29) is 0 Å². The molecule has 0 saturated heterocycles. The molecule has 3 rings (SSSR count). The summed E-state index contributed by atoms with van der Waals surface area (Å²) in [5, 5.41) is 0. The summed E-state index contributed by atoms with van der Waals surface area (Å²) >= 11 is 4.96. The number of fused-ring (bicyclic) bond motifs is 1. The lowest BCUT2D eigenvalue weighted by atomic mass is 10.1. The Bertz CT molecular complexity index is 579. The monoisotopic (exact) mass is 268 g/mol. The second kappa shape index (κ2) is 5.11. The maximum Gasteiger partial charge on any atom is 0.103 e. The molecule has 2 N–H and O–H groups in total. The van der Waals surface area contributed by atoms with E-state index in [1.165, 1.54) is 16.7 Å². The topological polar surface area (TPSA) is 29.3 Å². The second-order valence-electron chi connectivity index (χ2n) is 4.98. The molecule has 1 aliphatic rings. The fourth-order valence-corrected chi connectivity index (χ4v) is 2.68. The molecule has 0 aliphatic carbocycles. The molecule has 96 valence electrons. The summed E-state index contributed by atoms with van der Waals surface area (Å²) in [6.45, 7) is 3.03. The number of nitrogens with two attached hydrogens (primary N) is 1. The summed E-state index contributed by atoms with van der Waals surface area (Å²) in [7, 11) is 0. The predicted octanol–water partition coefficient (Wildman–Crippen LogP) is 2.84. The molecule has 0 spiro atoms. The average Bonchev–Trinajstić information content (AvgIpc) is 2.81. The molecule has 19 heavy (non-hydrogen) atoms. The maximum absolute atomic E-state index is 5.61. The summed E-state index contributed by atoms with van der Waals surface area (Å²) in [5.41, 5.74) is 10.7. The van der Waals surface area contributed by atoms with E-state index in [2.05, 4.69) is 41.3 Å². The summed E-state index contributed by atoms with van der Waals surface area (Å²) in [4.78, 5) is 2.90. The summed E-state index contributed by atoms with van der Waals surface area (Å²) < 4.78 is 0. The van der Waals surface area contributed by atoms with Gasteiger partial charge in [-0.25, -0.2) is 0 Å². The highest BCUT2D eigenvalue weighted by Gasteiger charge is 2.17. The summed E-state index contributed by atoms with van der Waals surface area (Å²) in [5.74, 6) is 0. The lowest BCUT2D eigenvalue weighted by molar-refractivity contribution is 0.275. The third kappa shape index (κ3) is 2.67. The van der Waals surface area contributed by atoms with Crippen LogP contribution in [0.3, 0.4) is 0 Å². The Morgan fingerprint density at radius 1 is 1.00 bits per heavy atom. The standard InChI is InChI=1S/C16H16N2S/c17-16(19)13-7-5-12(6-8-13)9-18-10-14-3-1-2-4-15(14)11-18/h1-8H,9-11H2,(H2,17,19). The van der Waals surface area contributed by atoms with Gasteiger partial charge in [0, 0.05) is 25.2 Å². The van der Waals surface area contributed by atoms with Crippen LogP contribution in [0, 0.1) is 0 Å². The van der Waals surface area contributed by atoms with Crippen LogP contribution in [0.15, 0.2) is 48.5 Å². The van der Waals surface area contributed by atoms with Gasteiger partial charge in [-0.2, -0.15) is 0 Å². The first-order valence-electron chi connectivity index (χ1n) is 6.40. The third-order valence-electron chi connectivity index (χ3n) is 3.55. The van der Waals surface area contributed by atoms with Crippen LogP contribution in [-0.2, 0) is 19.6 Å². The molecule has 1 heterocycles. The fraction of sp³-hybridized carbons (Fsp3) is 0.188. The summed E-state index contributed by atoms with van der Waals surface area (Å²) in [6.07, 6.45) is 0. The Hall–Kier alpha value is -1.71. The normalized spacial score (nSPS) is 14.3. The van der Waals surface area contributed by atoms with Crippen molar-refractivity contribution >= 4 is 17.2 Å². The molecule has 0 unspecified atom stereocenters. The molecular weight excluding hydrogens is 252 g/mol. The minimum absolute atomic E-state index is 0.458. The Kier molecular flexibility index (Phi) is 3.32. The molecule has 2 aromatic carbocycles. The van der Waals surface area contributed by atoms with E-state index in [4.69, 9.17) is 18.0 Å². The van der Waals surface area contributed by atoms with E-state index in [1.54, 1.807) is 0 Å². The van der Waals surface area contributed by atoms with Crippen molar-refractivity contribution in [2.45, 2.75) is 19.6 Å². The average molecular weight is 268 g/mol. The number of rotatable bonds is 3. The Balaban J connectivity index is 1.69. The molecule has 0 saturated carbocycles. The van der Waals surface area contributed by atoms with Gasteiger partial charge >= 0.3 is 0 Å². The van der Waals surface area contributed by atoms with Crippen LogP contribution < -0.4 is 5.73 Å². The fourth-order valence-electron chi connectivity index (χ4n) is 2.55. The van der Waals surface area contributed by atoms with Crippen molar-refractivity contribution in [3.8, 4) is 0 Å². The maximum atomic E-state index is 5.61. The SMILES string of the molecule is NC(=S)c1ccc(CN2Cc3ccccc3C2)cc1. The molecule has 0 amide bonds. The van der Waals surface area contributed by atoms with Crippen molar-refractivity contribution in [1.82, 2.24) is 4.90 Å². The van der Waals surface area contributed by atoms with Crippen LogP contribution in [0.2, 0.25) is 0 Å². The highest BCUT2D eigenvalue weighted by Crippen LogP contribution is 2.23. The van der Waals surface area contributed by atoms with Gasteiger partial charge in [0.05, 0.1) is 0 Å². The zero-order valence-electron chi connectivity index (χ0n) is 10.7. The first-order chi connectivity index (χ1) is 9.22. The van der Waals surface area contributed by atoms with E-state index in [0.717, 1.165) is 25.2 Å². The Morgan fingerprint density at radius 3 is 2.11 bits per heavy atom. The van der Waals surface area contributed by atoms with Gasteiger partial charge in [0.1, 0.15) is 4.99 Å². The molecule has 2 nitrogen and oxygen atoms in total. The summed E-state index contributed by atoms with van der Waals surface area (Å²) in [6, 6.07) is 16.9. The molecule has 3 heteroatoms. The zero-order valence-corrected chi connectivity index (χ0v) is 11.5. The molecule has 0 fully saturated rings. The Labute approximate surface area is 118 Å². The number of thiocarbonyl (C=S) groups is 1. The molecule has 2 aromatic rings. The lowest BCUT2D eigenvalue weighted by Gasteiger charge is -2.15. The largest absolute Gasteiger partial charge is 0.389 e. The van der Waals surface area contributed by atoms with Crippen molar-refractivity contribution in [3.63, 3.8) is 0 Å². The molecule has 1 aliphatic heterocycles. The van der Waals surface area contributed by atoms with Crippen molar-refractivity contribution in [1.29, 1.82) is 0 Å². The molecule has 0 atom stereocenters. The smallest absolute Gasteiger partial charge is 0.103 e. The first kappa shape index (κ1) is 12.3. The van der Waals surface area contributed by atoms with Crippen molar-refractivity contribution in [3.05, 3.63) is 70.8 Å². The highest BCUT2D eigenvalue weighted by molar-refractivity contribution is 7.80. The van der Waals surface area contributed by atoms with E-state index < -0.39 is 0 Å². The lowest BCUT2D eigenvalue weighted by Crippen LogP contribution is -2.16. The van der Waals surface area contributed by atoms with Crippen LogP contribution in [0.25, 0.3) is 0 Å². The van der Waals surface area contributed by atoms with Gasteiger partial charge in [-0.15, -0.1) is 0 Å². The van der Waals surface area contributed by atoms with E-state index in [9.17, 15) is 0 Å². The molecule has 0 bridgehead atoms. The first-order valence-corrected chi connectivity index (χ1v) is 6.81. The predicted molar refractivity (Wildman–Crippen MR) is 81.7 cm³/mol. The van der Waals surface area contributed by atoms with Crippen molar-refractivity contribution < 1.29 is 0 Å². The minimum atomic E-state index is 0.458. The molecular formula is C16H16N2S. The third-order valence-corrected chi connectivity index (χ3v) is 3.79. The molecule has 0 radical (unpaired) electrons. The Morgan fingerprint density at radius 2 is 1.58 bits per heavy atom. The van der Waals surface area contributed by atoms with Crippen LogP contribution in [0.1, 0.15) is 22.3 Å². The quantitative estimate of drug-likeness (QED) is 0.868. The van der Waals surface area contributed by atoms with Crippen molar-refractivity contribution in [2.24, 2.45) is 5.73 Å². The van der Waals surface area contributed by atoms with E-state index in [0.29, 0.717) is 4.99 Å². The number of hydrogen-bond acceptors (Lipinski definition) is 2. The number of benzene rings is 2. The van der Waals surface area contributed by atoms with E-state index >= 15 is 0 Å². The number of hydrogen-bond donors (Lipinski definition) is 1.